The third-order valence-corrected chi connectivity index (χ3v) is 5.99. The number of hydrogen-bond acceptors (Lipinski definition) is 4. The van der Waals surface area contributed by atoms with Crippen LogP contribution in [0.5, 0.6) is 0 Å². The van der Waals surface area contributed by atoms with Gasteiger partial charge in [-0.05, 0) is 31.8 Å². The first-order valence-corrected chi connectivity index (χ1v) is 9.02. The van der Waals surface area contributed by atoms with Crippen LogP contribution in [-0.2, 0) is 9.53 Å². The molecule has 3 aliphatic rings. The van der Waals surface area contributed by atoms with Gasteiger partial charge in [-0.15, -0.1) is 0 Å². The van der Waals surface area contributed by atoms with E-state index >= 15 is 0 Å². The molecule has 2 heterocycles. The van der Waals surface area contributed by atoms with Crippen LogP contribution in [0.15, 0.2) is 0 Å². The number of nitrogens with zero attached hydrogens (tertiary/aromatic N) is 1. The van der Waals surface area contributed by atoms with E-state index in [0.717, 1.165) is 45.9 Å². The minimum absolute atomic E-state index is 0.131. The Labute approximate surface area is 134 Å². The Bertz CT molecular complexity index is 372. The molecule has 5 nitrogen and oxygen atoms in total. The summed E-state index contributed by atoms with van der Waals surface area (Å²) in [6.45, 7) is 8.56. The number of hydrogen-bond donors (Lipinski definition) is 2. The molecule has 0 aromatic carbocycles. The van der Waals surface area contributed by atoms with Crippen LogP contribution in [0.3, 0.4) is 0 Å². The smallest absolute Gasteiger partial charge is 0.223 e. The van der Waals surface area contributed by atoms with Gasteiger partial charge in [0, 0.05) is 31.1 Å². The SMILES string of the molecule is CC(C(=O)NCC1(N2CCOCC2)CCCCC1)C1CNC1. The van der Waals surface area contributed by atoms with Crippen molar-refractivity contribution in [2.24, 2.45) is 11.8 Å². The Morgan fingerprint density at radius 2 is 1.95 bits per heavy atom. The third-order valence-electron chi connectivity index (χ3n) is 5.99. The molecule has 3 fully saturated rings. The monoisotopic (exact) mass is 309 g/mol. The zero-order valence-corrected chi connectivity index (χ0v) is 13.9. The highest BCUT2D eigenvalue weighted by molar-refractivity contribution is 5.78. The molecule has 5 heteroatoms. The van der Waals surface area contributed by atoms with E-state index in [1.165, 1.54) is 32.1 Å². The first-order chi connectivity index (χ1) is 10.7. The lowest BCUT2D eigenvalue weighted by atomic mass is 9.79. The van der Waals surface area contributed by atoms with Crippen LogP contribution in [0, 0.1) is 11.8 Å². The number of carbonyl (C=O) groups excluding carboxylic acids is 1. The number of rotatable bonds is 5. The summed E-state index contributed by atoms with van der Waals surface area (Å²) in [5, 5.41) is 6.55. The van der Waals surface area contributed by atoms with Gasteiger partial charge in [-0.3, -0.25) is 9.69 Å². The first kappa shape index (κ1) is 16.2. The molecule has 1 aliphatic carbocycles. The molecule has 0 aromatic heterocycles. The highest BCUT2D eigenvalue weighted by atomic mass is 16.5. The second kappa shape index (κ2) is 7.28. The summed E-state index contributed by atoms with van der Waals surface area (Å²) in [4.78, 5) is 15.1. The number of carbonyl (C=O) groups is 1. The average molecular weight is 309 g/mol. The fourth-order valence-corrected chi connectivity index (χ4v) is 4.14. The van der Waals surface area contributed by atoms with Gasteiger partial charge in [0.25, 0.3) is 0 Å². The summed E-state index contributed by atoms with van der Waals surface area (Å²) < 4.78 is 5.52. The van der Waals surface area contributed by atoms with Gasteiger partial charge in [-0.2, -0.15) is 0 Å². The Hall–Kier alpha value is -0.650. The predicted molar refractivity (Wildman–Crippen MR) is 86.7 cm³/mol. The fourth-order valence-electron chi connectivity index (χ4n) is 4.14. The van der Waals surface area contributed by atoms with Gasteiger partial charge in [0.1, 0.15) is 0 Å². The lowest BCUT2D eigenvalue weighted by Crippen LogP contribution is -2.60. The van der Waals surface area contributed by atoms with Crippen LogP contribution < -0.4 is 10.6 Å². The molecule has 22 heavy (non-hydrogen) atoms. The van der Waals surface area contributed by atoms with Crippen LogP contribution in [0.25, 0.3) is 0 Å². The minimum Gasteiger partial charge on any atom is -0.379 e. The van der Waals surface area contributed by atoms with E-state index in [2.05, 4.69) is 22.5 Å². The molecule has 2 N–H and O–H groups in total. The number of amides is 1. The number of ether oxygens (including phenoxy) is 1. The molecular weight excluding hydrogens is 278 g/mol. The van der Waals surface area contributed by atoms with Crippen molar-refractivity contribution in [2.45, 2.75) is 44.6 Å². The molecule has 126 valence electrons. The topological polar surface area (TPSA) is 53.6 Å². The van der Waals surface area contributed by atoms with Gasteiger partial charge in [-0.1, -0.05) is 26.2 Å². The number of nitrogens with one attached hydrogen (secondary N) is 2. The molecule has 0 bridgehead atoms. The summed E-state index contributed by atoms with van der Waals surface area (Å²) in [6.07, 6.45) is 6.34. The highest BCUT2D eigenvalue weighted by Crippen LogP contribution is 2.34. The molecule has 0 radical (unpaired) electrons. The van der Waals surface area contributed by atoms with Gasteiger partial charge in [0.15, 0.2) is 0 Å². The number of morpholine rings is 1. The van der Waals surface area contributed by atoms with Crippen molar-refractivity contribution in [3.05, 3.63) is 0 Å². The van der Waals surface area contributed by atoms with Crippen molar-refractivity contribution in [3.8, 4) is 0 Å². The van der Waals surface area contributed by atoms with Gasteiger partial charge in [-0.25, -0.2) is 0 Å². The van der Waals surface area contributed by atoms with Crippen molar-refractivity contribution >= 4 is 5.91 Å². The second-order valence-electron chi connectivity index (χ2n) is 7.31. The zero-order chi connectivity index (χ0) is 15.4. The van der Waals surface area contributed by atoms with E-state index < -0.39 is 0 Å². The van der Waals surface area contributed by atoms with Crippen LogP contribution >= 0.6 is 0 Å². The van der Waals surface area contributed by atoms with Crippen LogP contribution in [0.2, 0.25) is 0 Å². The Morgan fingerprint density at radius 1 is 1.27 bits per heavy atom. The summed E-state index contributed by atoms with van der Waals surface area (Å²) in [7, 11) is 0. The minimum atomic E-state index is 0.131. The quantitative estimate of drug-likeness (QED) is 0.795. The molecule has 1 unspecified atom stereocenters. The molecule has 1 atom stereocenters. The van der Waals surface area contributed by atoms with E-state index in [9.17, 15) is 4.79 Å². The Kier molecular flexibility index (Phi) is 5.37. The van der Waals surface area contributed by atoms with Gasteiger partial charge in [0.05, 0.1) is 13.2 Å². The van der Waals surface area contributed by atoms with Gasteiger partial charge in [0.2, 0.25) is 5.91 Å². The van der Waals surface area contributed by atoms with Crippen molar-refractivity contribution in [2.75, 3.05) is 45.9 Å². The second-order valence-corrected chi connectivity index (χ2v) is 7.31. The lowest BCUT2D eigenvalue weighted by molar-refractivity contribution is -0.128. The molecular formula is C17H31N3O2. The van der Waals surface area contributed by atoms with Crippen LogP contribution in [0.1, 0.15) is 39.0 Å². The van der Waals surface area contributed by atoms with Gasteiger partial charge < -0.3 is 15.4 Å². The maximum atomic E-state index is 12.5. The molecule has 2 saturated heterocycles. The molecule has 2 aliphatic heterocycles. The van der Waals surface area contributed by atoms with E-state index in [4.69, 9.17) is 4.74 Å². The van der Waals surface area contributed by atoms with Crippen molar-refractivity contribution in [1.82, 2.24) is 15.5 Å². The van der Waals surface area contributed by atoms with E-state index in [0.29, 0.717) is 5.92 Å². The average Bonchev–Trinajstić information content (AvgIpc) is 2.52. The summed E-state index contributed by atoms with van der Waals surface area (Å²) >= 11 is 0. The lowest BCUT2D eigenvalue weighted by Gasteiger charge is -2.48. The largest absolute Gasteiger partial charge is 0.379 e. The predicted octanol–water partition coefficient (Wildman–Crippen LogP) is 0.993. The molecule has 3 rings (SSSR count). The highest BCUT2D eigenvalue weighted by Gasteiger charge is 2.39. The summed E-state index contributed by atoms with van der Waals surface area (Å²) in [5.41, 5.74) is 0.176. The molecule has 0 spiro atoms. The molecule has 0 aromatic rings. The standard InChI is InChI=1S/C17H31N3O2/c1-14(15-11-18-12-15)16(21)19-13-17(5-3-2-4-6-17)20-7-9-22-10-8-20/h14-15,18H,2-13H2,1H3,(H,19,21). The van der Waals surface area contributed by atoms with Crippen molar-refractivity contribution in [1.29, 1.82) is 0 Å². The van der Waals surface area contributed by atoms with E-state index in [1.54, 1.807) is 0 Å². The summed E-state index contributed by atoms with van der Waals surface area (Å²) in [6, 6.07) is 0. The zero-order valence-electron chi connectivity index (χ0n) is 13.9. The maximum absolute atomic E-state index is 12.5. The van der Waals surface area contributed by atoms with Crippen molar-refractivity contribution < 1.29 is 9.53 Å². The van der Waals surface area contributed by atoms with Crippen LogP contribution in [-0.4, -0.2) is 62.3 Å². The van der Waals surface area contributed by atoms with Crippen LogP contribution in [0.4, 0.5) is 0 Å². The molecule has 1 saturated carbocycles. The normalized spacial score (nSPS) is 27.9. The molecule has 1 amide bonds. The Morgan fingerprint density at radius 3 is 2.55 bits per heavy atom. The van der Waals surface area contributed by atoms with E-state index in [-0.39, 0.29) is 17.4 Å². The Balaban J connectivity index is 1.58. The fraction of sp³-hybridized carbons (Fsp3) is 0.941. The van der Waals surface area contributed by atoms with Crippen molar-refractivity contribution in [3.63, 3.8) is 0 Å². The third kappa shape index (κ3) is 3.47. The van der Waals surface area contributed by atoms with Gasteiger partial charge >= 0.3 is 0 Å². The summed E-state index contributed by atoms with van der Waals surface area (Å²) in [5.74, 6) is 0.891. The maximum Gasteiger partial charge on any atom is 0.223 e. The van der Waals surface area contributed by atoms with E-state index in [1.807, 2.05) is 0 Å². The first-order valence-electron chi connectivity index (χ1n) is 9.02.